The standard InChI is InChI=1S/C10H14FNO/c1-7(12)2-3-8-4-5-9(11)6-10(8)13/h4-7,13H,2-3,12H2,1H3/t7-/m0/s1. The lowest BCUT2D eigenvalue weighted by molar-refractivity contribution is 0.459. The van der Waals surface area contributed by atoms with E-state index in [1.807, 2.05) is 6.92 Å². The molecule has 3 heteroatoms. The summed E-state index contributed by atoms with van der Waals surface area (Å²) in [5.74, 6) is -0.400. The Bertz CT molecular complexity index is 286. The molecule has 1 aromatic rings. The molecule has 1 aromatic carbocycles. The van der Waals surface area contributed by atoms with Gasteiger partial charge >= 0.3 is 0 Å². The number of aromatic hydroxyl groups is 1. The minimum Gasteiger partial charge on any atom is -0.508 e. The molecule has 0 heterocycles. The van der Waals surface area contributed by atoms with Crippen molar-refractivity contribution in [1.29, 1.82) is 0 Å². The van der Waals surface area contributed by atoms with Crippen molar-refractivity contribution in [3.8, 4) is 5.75 Å². The lowest BCUT2D eigenvalue weighted by atomic mass is 10.1. The van der Waals surface area contributed by atoms with E-state index in [1.165, 1.54) is 6.07 Å². The predicted octanol–water partition coefficient (Wildman–Crippen LogP) is 1.81. The maximum absolute atomic E-state index is 12.6. The molecule has 2 nitrogen and oxygen atoms in total. The molecule has 1 atom stereocenters. The molecule has 0 aliphatic carbocycles. The third-order valence-electron chi connectivity index (χ3n) is 1.92. The van der Waals surface area contributed by atoms with Crippen molar-refractivity contribution in [3.63, 3.8) is 0 Å². The van der Waals surface area contributed by atoms with E-state index in [0.29, 0.717) is 6.42 Å². The fraction of sp³-hybridized carbons (Fsp3) is 0.400. The highest BCUT2D eigenvalue weighted by Crippen LogP contribution is 2.19. The van der Waals surface area contributed by atoms with E-state index < -0.39 is 5.82 Å². The average molecular weight is 183 g/mol. The molecular formula is C10H14FNO. The van der Waals surface area contributed by atoms with Gasteiger partial charge < -0.3 is 10.8 Å². The van der Waals surface area contributed by atoms with Gasteiger partial charge in [-0.15, -0.1) is 0 Å². The quantitative estimate of drug-likeness (QED) is 0.750. The predicted molar refractivity (Wildman–Crippen MR) is 50.0 cm³/mol. The largest absolute Gasteiger partial charge is 0.508 e. The Morgan fingerprint density at radius 1 is 1.54 bits per heavy atom. The molecule has 0 fully saturated rings. The lowest BCUT2D eigenvalue weighted by Crippen LogP contribution is -2.15. The van der Waals surface area contributed by atoms with Crippen LogP contribution in [0.15, 0.2) is 18.2 Å². The van der Waals surface area contributed by atoms with Gasteiger partial charge in [-0.05, 0) is 31.4 Å². The highest BCUT2D eigenvalue weighted by molar-refractivity contribution is 5.32. The monoisotopic (exact) mass is 183 g/mol. The number of benzene rings is 1. The fourth-order valence-corrected chi connectivity index (χ4v) is 1.13. The molecule has 0 bridgehead atoms. The van der Waals surface area contributed by atoms with E-state index in [2.05, 4.69) is 0 Å². The molecule has 1 rings (SSSR count). The van der Waals surface area contributed by atoms with Crippen LogP contribution in [0.1, 0.15) is 18.9 Å². The van der Waals surface area contributed by atoms with Crippen LogP contribution in [0.3, 0.4) is 0 Å². The lowest BCUT2D eigenvalue weighted by Gasteiger charge is -2.06. The van der Waals surface area contributed by atoms with Gasteiger partial charge in [0.1, 0.15) is 11.6 Å². The van der Waals surface area contributed by atoms with Crippen molar-refractivity contribution in [2.45, 2.75) is 25.8 Å². The maximum atomic E-state index is 12.6. The van der Waals surface area contributed by atoms with Crippen LogP contribution in [0, 0.1) is 5.82 Å². The van der Waals surface area contributed by atoms with Crippen LogP contribution in [0.4, 0.5) is 4.39 Å². The van der Waals surface area contributed by atoms with Crippen LogP contribution in [0.2, 0.25) is 0 Å². The van der Waals surface area contributed by atoms with Crippen molar-refractivity contribution >= 4 is 0 Å². The smallest absolute Gasteiger partial charge is 0.126 e. The van der Waals surface area contributed by atoms with E-state index in [-0.39, 0.29) is 11.8 Å². The molecule has 3 N–H and O–H groups in total. The second-order valence-electron chi connectivity index (χ2n) is 3.29. The zero-order valence-electron chi connectivity index (χ0n) is 7.63. The van der Waals surface area contributed by atoms with E-state index in [4.69, 9.17) is 5.73 Å². The summed E-state index contributed by atoms with van der Waals surface area (Å²) >= 11 is 0. The first-order valence-corrected chi connectivity index (χ1v) is 4.32. The fourth-order valence-electron chi connectivity index (χ4n) is 1.13. The number of phenolic OH excluding ortho intramolecular Hbond substituents is 1. The number of phenols is 1. The average Bonchev–Trinajstić information content (AvgIpc) is 2.02. The van der Waals surface area contributed by atoms with Crippen LogP contribution in [-0.2, 0) is 6.42 Å². The molecule has 0 amide bonds. The van der Waals surface area contributed by atoms with E-state index in [9.17, 15) is 9.50 Å². The number of hydrogen-bond donors (Lipinski definition) is 2. The molecule has 0 aliphatic rings. The van der Waals surface area contributed by atoms with Gasteiger partial charge in [0.25, 0.3) is 0 Å². The third-order valence-corrected chi connectivity index (χ3v) is 1.92. The van der Waals surface area contributed by atoms with Gasteiger partial charge in [-0.2, -0.15) is 0 Å². The van der Waals surface area contributed by atoms with Gasteiger partial charge in [-0.25, -0.2) is 4.39 Å². The Morgan fingerprint density at radius 3 is 2.77 bits per heavy atom. The summed E-state index contributed by atoms with van der Waals surface area (Å²) in [7, 11) is 0. The summed E-state index contributed by atoms with van der Waals surface area (Å²) in [4.78, 5) is 0. The van der Waals surface area contributed by atoms with Crippen molar-refractivity contribution in [2.24, 2.45) is 5.73 Å². The molecule has 0 aromatic heterocycles. The Kier molecular flexibility index (Phi) is 3.25. The van der Waals surface area contributed by atoms with Gasteiger partial charge in [0, 0.05) is 12.1 Å². The molecule has 0 radical (unpaired) electrons. The van der Waals surface area contributed by atoms with Gasteiger partial charge in [-0.3, -0.25) is 0 Å². The molecule has 72 valence electrons. The minimum atomic E-state index is -0.415. The maximum Gasteiger partial charge on any atom is 0.126 e. The first-order chi connectivity index (χ1) is 6.09. The van der Waals surface area contributed by atoms with E-state index in [1.54, 1.807) is 6.07 Å². The molecule has 0 spiro atoms. The summed E-state index contributed by atoms with van der Waals surface area (Å²) < 4.78 is 12.6. The second-order valence-corrected chi connectivity index (χ2v) is 3.29. The second kappa shape index (κ2) is 4.23. The number of halogens is 1. The summed E-state index contributed by atoms with van der Waals surface area (Å²) in [5, 5.41) is 9.32. The summed E-state index contributed by atoms with van der Waals surface area (Å²) in [5.41, 5.74) is 6.31. The van der Waals surface area contributed by atoms with Crippen molar-refractivity contribution in [1.82, 2.24) is 0 Å². The van der Waals surface area contributed by atoms with Crippen LogP contribution < -0.4 is 5.73 Å². The summed E-state index contributed by atoms with van der Waals surface area (Å²) in [6.45, 7) is 1.90. The van der Waals surface area contributed by atoms with Gasteiger partial charge in [0.05, 0.1) is 0 Å². The molecular weight excluding hydrogens is 169 g/mol. The Labute approximate surface area is 77.2 Å². The van der Waals surface area contributed by atoms with Gasteiger partial charge in [0.15, 0.2) is 0 Å². The summed E-state index contributed by atoms with van der Waals surface area (Å²) in [6, 6.07) is 4.16. The van der Waals surface area contributed by atoms with Crippen LogP contribution in [-0.4, -0.2) is 11.1 Å². The molecule has 0 unspecified atom stereocenters. The number of aryl methyl sites for hydroxylation is 1. The number of nitrogens with two attached hydrogens (primary N) is 1. The zero-order valence-corrected chi connectivity index (χ0v) is 7.63. The topological polar surface area (TPSA) is 46.2 Å². The summed E-state index contributed by atoms with van der Waals surface area (Å²) in [6.07, 6.45) is 1.48. The Morgan fingerprint density at radius 2 is 2.23 bits per heavy atom. The van der Waals surface area contributed by atoms with Crippen molar-refractivity contribution in [3.05, 3.63) is 29.6 Å². The third kappa shape index (κ3) is 3.03. The van der Waals surface area contributed by atoms with Gasteiger partial charge in [-0.1, -0.05) is 6.07 Å². The van der Waals surface area contributed by atoms with Crippen LogP contribution >= 0.6 is 0 Å². The number of hydrogen-bond acceptors (Lipinski definition) is 2. The molecule has 0 aliphatic heterocycles. The van der Waals surface area contributed by atoms with Crippen molar-refractivity contribution < 1.29 is 9.50 Å². The SMILES string of the molecule is C[C@H](N)CCc1ccc(F)cc1O. The molecule has 0 saturated carbocycles. The van der Waals surface area contributed by atoms with E-state index >= 15 is 0 Å². The Hall–Kier alpha value is -1.09. The minimum absolute atomic E-state index is 0.0145. The number of rotatable bonds is 3. The molecule has 13 heavy (non-hydrogen) atoms. The van der Waals surface area contributed by atoms with Gasteiger partial charge in [0.2, 0.25) is 0 Å². The van der Waals surface area contributed by atoms with Crippen LogP contribution in [0.25, 0.3) is 0 Å². The van der Waals surface area contributed by atoms with Crippen LogP contribution in [0.5, 0.6) is 5.75 Å². The van der Waals surface area contributed by atoms with Crippen molar-refractivity contribution in [2.75, 3.05) is 0 Å². The first-order valence-electron chi connectivity index (χ1n) is 4.32. The first kappa shape index (κ1) is 9.99. The Balaban J connectivity index is 2.67. The zero-order chi connectivity index (χ0) is 9.84. The highest BCUT2D eigenvalue weighted by atomic mass is 19.1. The van der Waals surface area contributed by atoms with E-state index in [0.717, 1.165) is 18.1 Å². The highest BCUT2D eigenvalue weighted by Gasteiger charge is 2.03. The normalized spacial score (nSPS) is 12.8. The molecule has 0 saturated heterocycles.